The molecule has 0 aliphatic heterocycles. The Morgan fingerprint density at radius 3 is 2.25 bits per heavy atom. The first-order chi connectivity index (χ1) is 24.7. The van der Waals surface area contributed by atoms with Crippen molar-refractivity contribution in [3.8, 4) is 34.0 Å². The summed E-state index contributed by atoms with van der Waals surface area (Å²) in [6.45, 7) is -0.0568. The number of H-pyrrole nitrogens is 1. The second kappa shape index (κ2) is 15.9. The Morgan fingerprint density at radius 1 is 0.882 bits per heavy atom. The summed E-state index contributed by atoms with van der Waals surface area (Å²) < 4.78 is 45.5. The third-order valence-corrected chi connectivity index (χ3v) is 8.55. The molecule has 0 amide bonds. The van der Waals surface area contributed by atoms with Gasteiger partial charge in [-0.25, -0.2) is 18.4 Å². The van der Waals surface area contributed by atoms with Gasteiger partial charge in [-0.3, -0.25) is 9.51 Å². The molecule has 6 aromatic rings. The standard InChI is InChI=1S/C41H34F2N2O6/c1-49-36-19-16-29(17-20-36)32-14-15-34(37(43)24-32)25-50-38-21-18-35(42)23-33(38)13-8-27(22-28-6-11-31(12-7-28)40(46)47)3-2-26-4-9-30(10-5-26)39-44-41(48)51-45-39/h4-21,23-24,27H,2-3,22,25H2,1H3,(H,46,47)(H,44,45,48)/b13-8+. The van der Waals surface area contributed by atoms with Crippen molar-refractivity contribution in [2.24, 2.45) is 5.92 Å². The van der Waals surface area contributed by atoms with Gasteiger partial charge in [0.25, 0.3) is 0 Å². The predicted molar refractivity (Wildman–Crippen MR) is 190 cm³/mol. The van der Waals surface area contributed by atoms with Gasteiger partial charge < -0.3 is 14.6 Å². The molecule has 0 saturated carbocycles. The van der Waals surface area contributed by atoms with E-state index >= 15 is 4.39 Å². The number of hydrogen-bond acceptors (Lipinski definition) is 6. The van der Waals surface area contributed by atoms with E-state index in [2.05, 4.69) is 14.7 Å². The molecule has 1 unspecified atom stereocenters. The summed E-state index contributed by atoms with van der Waals surface area (Å²) >= 11 is 0. The minimum atomic E-state index is -0.997. The molecule has 5 aromatic carbocycles. The number of benzene rings is 5. The molecule has 10 heteroatoms. The number of carboxylic acid groups (broad SMARTS) is 1. The monoisotopic (exact) mass is 688 g/mol. The smallest absolute Gasteiger partial charge is 0.439 e. The van der Waals surface area contributed by atoms with Gasteiger partial charge in [-0.2, -0.15) is 0 Å². The maximum Gasteiger partial charge on any atom is 0.439 e. The Kier molecular flexibility index (Phi) is 10.8. The van der Waals surface area contributed by atoms with Crippen LogP contribution in [-0.2, 0) is 19.4 Å². The fraction of sp³-hybridized carbons (Fsp3) is 0.146. The molecular weight excluding hydrogens is 654 g/mol. The lowest BCUT2D eigenvalue weighted by molar-refractivity contribution is 0.0697. The van der Waals surface area contributed by atoms with Crippen molar-refractivity contribution in [2.45, 2.75) is 25.9 Å². The topological polar surface area (TPSA) is 115 Å². The molecule has 1 heterocycles. The number of nitrogens with zero attached hydrogens (tertiary/aromatic N) is 1. The molecule has 0 aliphatic rings. The zero-order chi connectivity index (χ0) is 35.7. The fourth-order valence-corrected chi connectivity index (χ4v) is 5.69. The maximum absolute atomic E-state index is 15.2. The minimum absolute atomic E-state index is 0.0219. The maximum atomic E-state index is 15.2. The number of carbonyl (C=O) groups is 1. The van der Waals surface area contributed by atoms with Crippen LogP contribution in [0.4, 0.5) is 8.78 Å². The van der Waals surface area contributed by atoms with E-state index in [1.165, 1.54) is 24.3 Å². The molecule has 0 spiro atoms. The van der Waals surface area contributed by atoms with E-state index in [-0.39, 0.29) is 18.1 Å². The van der Waals surface area contributed by atoms with E-state index in [1.807, 2.05) is 66.7 Å². The molecule has 258 valence electrons. The van der Waals surface area contributed by atoms with Gasteiger partial charge in [0, 0.05) is 16.7 Å². The number of aromatic carboxylic acids is 1. The van der Waals surface area contributed by atoms with Gasteiger partial charge >= 0.3 is 11.7 Å². The Hall–Kier alpha value is -6.29. The van der Waals surface area contributed by atoms with Crippen LogP contribution in [0.5, 0.6) is 11.5 Å². The number of allylic oxidation sites excluding steroid dienone is 1. The predicted octanol–water partition coefficient (Wildman–Crippen LogP) is 8.77. The summed E-state index contributed by atoms with van der Waals surface area (Å²) in [7, 11) is 1.59. The second-order valence-electron chi connectivity index (χ2n) is 12.0. The van der Waals surface area contributed by atoms with Gasteiger partial charge in [0.2, 0.25) is 0 Å². The third-order valence-electron chi connectivity index (χ3n) is 8.55. The van der Waals surface area contributed by atoms with Crippen LogP contribution in [0.1, 0.15) is 39.0 Å². The van der Waals surface area contributed by atoms with E-state index in [0.29, 0.717) is 53.3 Å². The van der Waals surface area contributed by atoms with Crippen LogP contribution in [0.2, 0.25) is 0 Å². The van der Waals surface area contributed by atoms with Crippen LogP contribution in [-0.4, -0.2) is 28.3 Å². The number of nitrogens with one attached hydrogen (secondary N) is 1. The molecule has 51 heavy (non-hydrogen) atoms. The highest BCUT2D eigenvalue weighted by Crippen LogP contribution is 2.28. The SMILES string of the molecule is COc1ccc(-c2ccc(COc3ccc(F)cc3/C=C/C(CCc3ccc(-c4noc(=O)[nH]4)cc3)Cc3ccc(C(=O)O)cc3)c(F)c2)cc1. The quantitative estimate of drug-likeness (QED) is 0.118. The summed E-state index contributed by atoms with van der Waals surface area (Å²) in [5.74, 6) is -1.04. The third kappa shape index (κ3) is 9.04. The van der Waals surface area contributed by atoms with Crippen LogP contribution in [0.15, 0.2) is 125 Å². The molecule has 0 radical (unpaired) electrons. The molecule has 2 N–H and O–H groups in total. The number of aromatic amines is 1. The largest absolute Gasteiger partial charge is 0.497 e. The van der Waals surface area contributed by atoms with Gasteiger partial charge in [-0.05, 0) is 96.0 Å². The summed E-state index contributed by atoms with van der Waals surface area (Å²) in [6.07, 6.45) is 5.82. The van der Waals surface area contributed by atoms with Gasteiger partial charge in [-0.1, -0.05) is 78.0 Å². The average Bonchev–Trinajstić information content (AvgIpc) is 3.59. The molecule has 0 fully saturated rings. The second-order valence-corrected chi connectivity index (χ2v) is 12.0. The molecule has 8 nitrogen and oxygen atoms in total. The van der Waals surface area contributed by atoms with Gasteiger partial charge in [0.15, 0.2) is 5.82 Å². The number of rotatable bonds is 14. The Balaban J connectivity index is 1.18. The molecule has 0 bridgehead atoms. The summed E-state index contributed by atoms with van der Waals surface area (Å²) in [5, 5.41) is 13.0. The van der Waals surface area contributed by atoms with E-state index in [1.54, 1.807) is 37.4 Å². The fourth-order valence-electron chi connectivity index (χ4n) is 5.69. The van der Waals surface area contributed by atoms with Gasteiger partial charge in [0.1, 0.15) is 29.7 Å². The molecule has 6 rings (SSSR count). The first-order valence-electron chi connectivity index (χ1n) is 16.2. The molecule has 1 aromatic heterocycles. The number of aryl methyl sites for hydroxylation is 1. The van der Waals surface area contributed by atoms with Crippen molar-refractivity contribution >= 4 is 12.0 Å². The first kappa shape index (κ1) is 34.6. The van der Waals surface area contributed by atoms with E-state index < -0.39 is 23.4 Å². The Labute approximate surface area is 292 Å². The number of ether oxygens (including phenoxy) is 2. The zero-order valence-corrected chi connectivity index (χ0v) is 27.6. The first-order valence-corrected chi connectivity index (χ1v) is 16.2. The Morgan fingerprint density at radius 2 is 1.59 bits per heavy atom. The number of methoxy groups -OCH3 is 1. The Bertz CT molecular complexity index is 2190. The highest BCUT2D eigenvalue weighted by atomic mass is 19.1. The van der Waals surface area contributed by atoms with E-state index in [0.717, 1.165) is 22.3 Å². The normalized spacial score (nSPS) is 11.8. The van der Waals surface area contributed by atoms with Crippen LogP contribution < -0.4 is 15.2 Å². The zero-order valence-electron chi connectivity index (χ0n) is 27.6. The minimum Gasteiger partial charge on any atom is -0.497 e. The average molecular weight is 689 g/mol. The van der Waals surface area contributed by atoms with Crippen molar-refractivity contribution in [3.05, 3.63) is 165 Å². The summed E-state index contributed by atoms with van der Waals surface area (Å²) in [6, 6.07) is 30.9. The van der Waals surface area contributed by atoms with E-state index in [9.17, 15) is 19.1 Å². The lowest BCUT2D eigenvalue weighted by Gasteiger charge is -2.15. The van der Waals surface area contributed by atoms with Crippen LogP contribution in [0, 0.1) is 17.6 Å². The lowest BCUT2D eigenvalue weighted by atomic mass is 9.91. The molecule has 0 aliphatic carbocycles. The van der Waals surface area contributed by atoms with Crippen molar-refractivity contribution in [2.75, 3.05) is 7.11 Å². The summed E-state index contributed by atoms with van der Waals surface area (Å²) in [5.41, 5.74) is 5.34. The number of carboxylic acids is 1. The van der Waals surface area contributed by atoms with Crippen LogP contribution in [0.25, 0.3) is 28.6 Å². The molecular formula is C41H34F2N2O6. The van der Waals surface area contributed by atoms with Crippen molar-refractivity contribution in [1.82, 2.24) is 10.1 Å². The number of aromatic nitrogens is 2. The number of halogens is 2. The van der Waals surface area contributed by atoms with Crippen LogP contribution in [0.3, 0.4) is 0 Å². The van der Waals surface area contributed by atoms with Crippen LogP contribution >= 0.6 is 0 Å². The molecule has 1 atom stereocenters. The lowest BCUT2D eigenvalue weighted by Crippen LogP contribution is -2.05. The number of hydrogen-bond donors (Lipinski definition) is 2. The van der Waals surface area contributed by atoms with Gasteiger partial charge in [0.05, 0.1) is 12.7 Å². The highest BCUT2D eigenvalue weighted by Gasteiger charge is 2.13. The summed E-state index contributed by atoms with van der Waals surface area (Å²) in [4.78, 5) is 25.2. The van der Waals surface area contributed by atoms with Gasteiger partial charge in [-0.15, -0.1) is 0 Å². The van der Waals surface area contributed by atoms with E-state index in [4.69, 9.17) is 9.47 Å². The van der Waals surface area contributed by atoms with Crippen molar-refractivity contribution in [1.29, 1.82) is 0 Å². The van der Waals surface area contributed by atoms with Crippen molar-refractivity contribution in [3.63, 3.8) is 0 Å². The van der Waals surface area contributed by atoms with Crippen molar-refractivity contribution < 1.29 is 32.7 Å². The highest BCUT2D eigenvalue weighted by molar-refractivity contribution is 5.87. The molecule has 0 saturated heterocycles.